The number of aromatic hydroxyl groups is 1. The zero-order valence-corrected chi connectivity index (χ0v) is 19.0. The summed E-state index contributed by atoms with van der Waals surface area (Å²) >= 11 is 6.64. The highest BCUT2D eigenvalue weighted by molar-refractivity contribution is 9.10. The predicted octanol–water partition coefficient (Wildman–Crippen LogP) is 4.43. The molecular formula is C22H19BBr2N2O3. The topological polar surface area (TPSA) is 86.5 Å². The molecule has 0 aliphatic rings. The number of benzene rings is 2. The van der Waals surface area contributed by atoms with E-state index < -0.39 is 7.12 Å². The Kier molecular flexibility index (Phi) is 10.2. The minimum Gasteiger partial charge on any atom is -0.508 e. The fourth-order valence-corrected chi connectivity index (χ4v) is 2.99. The van der Waals surface area contributed by atoms with Gasteiger partial charge in [0.25, 0.3) is 0 Å². The van der Waals surface area contributed by atoms with Gasteiger partial charge in [0.05, 0.1) is 0 Å². The second kappa shape index (κ2) is 12.9. The van der Waals surface area contributed by atoms with Crippen molar-refractivity contribution in [2.45, 2.75) is 0 Å². The Morgan fingerprint density at radius 2 is 1.27 bits per heavy atom. The van der Waals surface area contributed by atoms with Gasteiger partial charge in [-0.2, -0.15) is 0 Å². The zero-order chi connectivity index (χ0) is 21.8. The Balaban J connectivity index is 0.000000167. The molecule has 0 atom stereocenters. The van der Waals surface area contributed by atoms with Crippen molar-refractivity contribution < 1.29 is 15.2 Å². The van der Waals surface area contributed by atoms with Crippen LogP contribution in [0.2, 0.25) is 0 Å². The molecular weight excluding hydrogens is 511 g/mol. The summed E-state index contributed by atoms with van der Waals surface area (Å²) in [6, 6.07) is 22.3. The van der Waals surface area contributed by atoms with Gasteiger partial charge in [-0.25, -0.2) is 0 Å². The van der Waals surface area contributed by atoms with Crippen LogP contribution in [0.3, 0.4) is 0 Å². The van der Waals surface area contributed by atoms with E-state index >= 15 is 0 Å². The minimum atomic E-state index is -1.40. The van der Waals surface area contributed by atoms with E-state index in [4.69, 9.17) is 15.2 Å². The fraction of sp³-hybridized carbons (Fsp3) is 0. The summed E-state index contributed by atoms with van der Waals surface area (Å²) in [6.45, 7) is 0. The largest absolute Gasteiger partial charge is 0.508 e. The highest BCUT2D eigenvalue weighted by Gasteiger charge is 2.08. The molecule has 0 radical (unpaired) electrons. The van der Waals surface area contributed by atoms with Crippen LogP contribution in [-0.2, 0) is 0 Å². The molecule has 4 rings (SSSR count). The van der Waals surface area contributed by atoms with Crippen LogP contribution in [0.5, 0.6) is 5.75 Å². The molecule has 30 heavy (non-hydrogen) atoms. The van der Waals surface area contributed by atoms with Gasteiger partial charge < -0.3 is 15.2 Å². The summed E-state index contributed by atoms with van der Waals surface area (Å²) in [5.74, 6) is 0.291. The average Bonchev–Trinajstić information content (AvgIpc) is 2.76. The van der Waals surface area contributed by atoms with E-state index in [9.17, 15) is 0 Å². The molecule has 0 aliphatic carbocycles. The number of hydrogen-bond acceptors (Lipinski definition) is 5. The molecule has 2 aromatic carbocycles. The number of phenolic OH excluding ortho intramolecular Hbond substituents is 1. The van der Waals surface area contributed by atoms with Crippen LogP contribution >= 0.6 is 31.9 Å². The Hall–Kier alpha value is -2.52. The average molecular weight is 530 g/mol. The van der Waals surface area contributed by atoms with Crippen molar-refractivity contribution in [3.63, 3.8) is 0 Å². The van der Waals surface area contributed by atoms with Crippen molar-refractivity contribution in [1.29, 1.82) is 0 Å². The number of phenols is 1. The van der Waals surface area contributed by atoms with E-state index in [-0.39, 0.29) is 0 Å². The van der Waals surface area contributed by atoms with Crippen LogP contribution in [0.1, 0.15) is 0 Å². The summed E-state index contributed by atoms with van der Waals surface area (Å²) in [4.78, 5) is 7.76. The highest BCUT2D eigenvalue weighted by atomic mass is 79.9. The second-order valence-electron chi connectivity index (χ2n) is 5.89. The maximum absolute atomic E-state index is 8.78. The van der Waals surface area contributed by atoms with Crippen molar-refractivity contribution in [2.24, 2.45) is 0 Å². The number of nitrogens with zero attached hydrogens (tertiary/aromatic N) is 2. The van der Waals surface area contributed by atoms with E-state index in [0.29, 0.717) is 11.2 Å². The van der Waals surface area contributed by atoms with Crippen LogP contribution in [0.4, 0.5) is 0 Å². The SMILES string of the molecule is Brc1cccc(-c2cccnc2)c1.OB(O)c1cccnc1.Oc1cccc(Br)c1. The molecule has 0 amide bonds. The molecule has 5 nitrogen and oxygen atoms in total. The molecule has 8 heteroatoms. The lowest BCUT2D eigenvalue weighted by Gasteiger charge is -2.00. The lowest BCUT2D eigenvalue weighted by Crippen LogP contribution is -2.29. The smallest absolute Gasteiger partial charge is 0.490 e. The van der Waals surface area contributed by atoms with Gasteiger partial charge in [0.15, 0.2) is 0 Å². The summed E-state index contributed by atoms with van der Waals surface area (Å²) in [5, 5.41) is 25.9. The monoisotopic (exact) mass is 528 g/mol. The van der Waals surface area contributed by atoms with Crippen LogP contribution < -0.4 is 5.46 Å². The first-order valence-corrected chi connectivity index (χ1v) is 10.4. The van der Waals surface area contributed by atoms with E-state index in [1.54, 1.807) is 42.7 Å². The Morgan fingerprint density at radius 1 is 0.667 bits per heavy atom. The summed E-state index contributed by atoms with van der Waals surface area (Å²) in [5.41, 5.74) is 2.74. The molecule has 3 N–H and O–H groups in total. The Labute approximate surface area is 192 Å². The van der Waals surface area contributed by atoms with Crippen LogP contribution in [-0.4, -0.2) is 32.2 Å². The first kappa shape index (κ1) is 23.8. The molecule has 152 valence electrons. The molecule has 0 spiro atoms. The molecule has 0 saturated heterocycles. The van der Waals surface area contributed by atoms with E-state index in [1.165, 1.54) is 11.8 Å². The Bertz CT molecular complexity index is 1010. The molecule has 4 aromatic rings. The Morgan fingerprint density at radius 3 is 1.70 bits per heavy atom. The number of hydrogen-bond donors (Lipinski definition) is 3. The van der Waals surface area contributed by atoms with Crippen LogP contribution in [0.25, 0.3) is 11.1 Å². The lowest BCUT2D eigenvalue weighted by atomic mass is 9.82. The van der Waals surface area contributed by atoms with Gasteiger partial charge in [0, 0.05) is 44.8 Å². The maximum atomic E-state index is 8.78. The standard InChI is InChI=1S/C11H8BrN.C6H5BrO.C5H6BNO2/c12-11-5-1-3-9(7-11)10-4-2-6-13-8-10;7-5-2-1-3-6(8)4-5;8-6(9)5-2-1-3-7-4-5/h1-8H;1-4,8H;1-4,8-9H. The number of halogens is 2. The van der Waals surface area contributed by atoms with Crippen molar-refractivity contribution in [3.05, 3.63) is 107 Å². The predicted molar refractivity (Wildman–Crippen MR) is 127 cm³/mol. The fourth-order valence-electron chi connectivity index (χ4n) is 2.21. The summed E-state index contributed by atoms with van der Waals surface area (Å²) in [7, 11) is -1.40. The number of pyridine rings is 2. The minimum absolute atomic E-state index is 0.291. The second-order valence-corrected chi connectivity index (χ2v) is 7.72. The third-order valence-electron chi connectivity index (χ3n) is 3.61. The quantitative estimate of drug-likeness (QED) is 0.335. The van der Waals surface area contributed by atoms with Crippen molar-refractivity contribution >= 4 is 44.4 Å². The first-order chi connectivity index (χ1) is 14.5. The zero-order valence-electron chi connectivity index (χ0n) is 15.8. The van der Waals surface area contributed by atoms with Crippen LogP contribution in [0, 0.1) is 0 Å². The van der Waals surface area contributed by atoms with E-state index in [0.717, 1.165) is 14.5 Å². The van der Waals surface area contributed by atoms with Gasteiger partial charge in [-0.15, -0.1) is 0 Å². The molecule has 0 unspecified atom stereocenters. The summed E-state index contributed by atoms with van der Waals surface area (Å²) in [6.07, 6.45) is 6.62. The highest BCUT2D eigenvalue weighted by Crippen LogP contribution is 2.21. The molecule has 0 fully saturated rings. The van der Waals surface area contributed by atoms with Gasteiger partial charge in [-0.3, -0.25) is 9.97 Å². The molecule has 2 aromatic heterocycles. The van der Waals surface area contributed by atoms with Gasteiger partial charge in [0.1, 0.15) is 5.75 Å². The van der Waals surface area contributed by atoms with E-state index in [1.807, 2.05) is 30.5 Å². The molecule has 2 heterocycles. The van der Waals surface area contributed by atoms with Gasteiger partial charge >= 0.3 is 7.12 Å². The van der Waals surface area contributed by atoms with Crippen molar-refractivity contribution in [3.8, 4) is 16.9 Å². The molecule has 0 bridgehead atoms. The van der Waals surface area contributed by atoms with Gasteiger partial charge in [-0.05, 0) is 48.0 Å². The lowest BCUT2D eigenvalue weighted by molar-refractivity contribution is 0.425. The normalized spacial score (nSPS) is 9.47. The number of aromatic nitrogens is 2. The van der Waals surface area contributed by atoms with Crippen molar-refractivity contribution in [1.82, 2.24) is 9.97 Å². The van der Waals surface area contributed by atoms with E-state index in [2.05, 4.69) is 60.0 Å². The third kappa shape index (κ3) is 8.88. The van der Waals surface area contributed by atoms with Gasteiger partial charge in [0.2, 0.25) is 0 Å². The molecule has 0 aliphatic heterocycles. The maximum Gasteiger partial charge on any atom is 0.490 e. The third-order valence-corrected chi connectivity index (χ3v) is 4.60. The van der Waals surface area contributed by atoms with Crippen LogP contribution in [0.15, 0.2) is 107 Å². The summed E-state index contributed by atoms with van der Waals surface area (Å²) < 4.78 is 1.99. The molecule has 0 saturated carbocycles. The van der Waals surface area contributed by atoms with Gasteiger partial charge in [-0.1, -0.05) is 62.2 Å². The first-order valence-electron chi connectivity index (χ1n) is 8.82. The van der Waals surface area contributed by atoms with Crippen molar-refractivity contribution in [2.75, 3.05) is 0 Å². The number of rotatable bonds is 2.